The summed E-state index contributed by atoms with van der Waals surface area (Å²) in [5.74, 6) is -0.863. The summed E-state index contributed by atoms with van der Waals surface area (Å²) in [7, 11) is 0. The predicted octanol–water partition coefficient (Wildman–Crippen LogP) is 22.6. The molecule has 6 heteroatoms. The van der Waals surface area contributed by atoms with E-state index in [-0.39, 0.29) is 31.1 Å². The molecular weight excluding hydrogens is 913 g/mol. The van der Waals surface area contributed by atoms with Gasteiger partial charge in [0.15, 0.2) is 6.10 Å². The molecule has 0 rings (SSSR count). The summed E-state index contributed by atoms with van der Waals surface area (Å²) in [6.07, 6.45) is 76.5. The summed E-state index contributed by atoms with van der Waals surface area (Å²) in [6.45, 7) is 6.64. The van der Waals surface area contributed by atoms with E-state index in [2.05, 4.69) is 45.1 Å². The zero-order valence-corrected chi connectivity index (χ0v) is 50.1. The highest BCUT2D eigenvalue weighted by atomic mass is 16.6. The Hall–Kier alpha value is -2.11. The molecule has 0 aromatic heterocycles. The van der Waals surface area contributed by atoms with Crippen molar-refractivity contribution in [3.05, 3.63) is 24.3 Å². The van der Waals surface area contributed by atoms with Crippen molar-refractivity contribution < 1.29 is 28.6 Å². The number of hydrogen-bond acceptors (Lipinski definition) is 6. The predicted molar refractivity (Wildman–Crippen MR) is 321 cm³/mol. The van der Waals surface area contributed by atoms with E-state index < -0.39 is 6.10 Å². The molecule has 0 fully saturated rings. The lowest BCUT2D eigenvalue weighted by Crippen LogP contribution is -2.30. The Morgan fingerprint density at radius 1 is 0.270 bits per heavy atom. The summed E-state index contributed by atoms with van der Waals surface area (Å²) < 4.78 is 16.9. The van der Waals surface area contributed by atoms with Crippen LogP contribution in [0.25, 0.3) is 0 Å². The average Bonchev–Trinajstić information content (AvgIpc) is 3.40. The van der Waals surface area contributed by atoms with Crippen LogP contribution >= 0.6 is 0 Å². The van der Waals surface area contributed by atoms with Gasteiger partial charge in [0.05, 0.1) is 0 Å². The second-order valence-electron chi connectivity index (χ2n) is 22.7. The molecular formula is C68H128O6. The molecule has 0 saturated heterocycles. The number of allylic oxidation sites excluding steroid dienone is 4. The van der Waals surface area contributed by atoms with E-state index in [1.165, 1.54) is 250 Å². The van der Waals surface area contributed by atoms with Gasteiger partial charge in [-0.15, -0.1) is 0 Å². The third-order valence-electron chi connectivity index (χ3n) is 15.2. The number of rotatable bonds is 62. The summed E-state index contributed by atoms with van der Waals surface area (Å²) in [4.78, 5) is 38.2. The van der Waals surface area contributed by atoms with Crippen LogP contribution in [0.2, 0.25) is 0 Å². The van der Waals surface area contributed by atoms with Gasteiger partial charge in [0.25, 0.3) is 0 Å². The standard InChI is InChI=1S/C68H128O6/c1-4-7-10-13-16-19-22-24-26-27-28-29-30-31-32-33-34-35-36-37-38-39-40-41-42-44-46-49-52-55-58-61-67(70)73-64-65(63-72-66(69)60-57-54-51-48-45-21-18-15-12-9-6-3)74-68(71)62-59-56-53-50-47-43-25-23-20-17-14-11-8-5-2/h14,17,23,25,65H,4-13,15-16,18-22,24,26-64H2,1-3H3/b17-14-,25-23-. The molecule has 6 nitrogen and oxygen atoms in total. The first kappa shape index (κ1) is 71.9. The van der Waals surface area contributed by atoms with Gasteiger partial charge in [0.1, 0.15) is 13.2 Å². The number of carbonyl (C=O) groups excluding carboxylic acids is 3. The molecule has 0 saturated carbocycles. The van der Waals surface area contributed by atoms with Crippen LogP contribution in [0, 0.1) is 0 Å². The van der Waals surface area contributed by atoms with Crippen LogP contribution < -0.4 is 0 Å². The lowest BCUT2D eigenvalue weighted by Gasteiger charge is -2.18. The van der Waals surface area contributed by atoms with Gasteiger partial charge in [-0.05, 0) is 44.9 Å². The van der Waals surface area contributed by atoms with Crippen molar-refractivity contribution in [1.82, 2.24) is 0 Å². The fraction of sp³-hybridized carbons (Fsp3) is 0.897. The zero-order valence-electron chi connectivity index (χ0n) is 50.1. The van der Waals surface area contributed by atoms with E-state index in [1.807, 2.05) is 0 Å². The van der Waals surface area contributed by atoms with E-state index in [0.717, 1.165) is 83.5 Å². The molecule has 0 aliphatic carbocycles. The summed E-state index contributed by atoms with van der Waals surface area (Å²) >= 11 is 0. The Labute approximate surface area is 462 Å². The Bertz CT molecular complexity index is 1190. The molecule has 0 amide bonds. The Kier molecular flexibility index (Phi) is 61.6. The van der Waals surface area contributed by atoms with Gasteiger partial charge in [0, 0.05) is 19.3 Å². The first-order valence-corrected chi connectivity index (χ1v) is 33.3. The molecule has 0 bridgehead atoms. The SMILES string of the molecule is CCCC/C=C\C/C=C\CCCCCCCC(=O)OC(COC(=O)CCCCCCCCCCCCC)COC(=O)CCCCCCCCCCCCCCCCCCCCCCCCCCCCCCCCC. The summed E-state index contributed by atoms with van der Waals surface area (Å²) in [6, 6.07) is 0. The van der Waals surface area contributed by atoms with Gasteiger partial charge in [-0.25, -0.2) is 0 Å². The van der Waals surface area contributed by atoms with Crippen molar-refractivity contribution >= 4 is 17.9 Å². The second-order valence-corrected chi connectivity index (χ2v) is 22.7. The third-order valence-corrected chi connectivity index (χ3v) is 15.2. The molecule has 436 valence electrons. The third kappa shape index (κ3) is 60.8. The molecule has 0 spiro atoms. The molecule has 0 heterocycles. The first-order chi connectivity index (χ1) is 36.5. The van der Waals surface area contributed by atoms with E-state index in [0.29, 0.717) is 19.3 Å². The number of ether oxygens (including phenoxy) is 3. The van der Waals surface area contributed by atoms with Crippen molar-refractivity contribution in [2.24, 2.45) is 0 Å². The largest absolute Gasteiger partial charge is 0.462 e. The maximum Gasteiger partial charge on any atom is 0.306 e. The molecule has 0 N–H and O–H groups in total. The number of carbonyl (C=O) groups is 3. The lowest BCUT2D eigenvalue weighted by atomic mass is 10.0. The van der Waals surface area contributed by atoms with Crippen LogP contribution in [0.15, 0.2) is 24.3 Å². The van der Waals surface area contributed by atoms with E-state index in [4.69, 9.17) is 14.2 Å². The van der Waals surface area contributed by atoms with Gasteiger partial charge in [-0.3, -0.25) is 14.4 Å². The Morgan fingerprint density at radius 2 is 0.500 bits per heavy atom. The van der Waals surface area contributed by atoms with Gasteiger partial charge in [-0.2, -0.15) is 0 Å². The minimum Gasteiger partial charge on any atom is -0.462 e. The summed E-state index contributed by atoms with van der Waals surface area (Å²) in [5, 5.41) is 0. The molecule has 1 unspecified atom stereocenters. The smallest absolute Gasteiger partial charge is 0.306 e. The highest BCUT2D eigenvalue weighted by Gasteiger charge is 2.19. The maximum absolute atomic E-state index is 12.8. The highest BCUT2D eigenvalue weighted by Crippen LogP contribution is 2.18. The molecule has 0 aliphatic heterocycles. The van der Waals surface area contributed by atoms with Crippen molar-refractivity contribution in [2.75, 3.05) is 13.2 Å². The van der Waals surface area contributed by atoms with Crippen LogP contribution in [-0.2, 0) is 28.6 Å². The topological polar surface area (TPSA) is 78.9 Å². The number of hydrogen-bond donors (Lipinski definition) is 0. The van der Waals surface area contributed by atoms with Gasteiger partial charge >= 0.3 is 17.9 Å². The van der Waals surface area contributed by atoms with Crippen LogP contribution in [0.4, 0.5) is 0 Å². The van der Waals surface area contributed by atoms with Gasteiger partial charge < -0.3 is 14.2 Å². The average molecular weight is 1040 g/mol. The van der Waals surface area contributed by atoms with Crippen molar-refractivity contribution in [3.63, 3.8) is 0 Å². The van der Waals surface area contributed by atoms with Crippen LogP contribution in [-0.4, -0.2) is 37.2 Å². The second kappa shape index (κ2) is 63.4. The van der Waals surface area contributed by atoms with E-state index >= 15 is 0 Å². The minimum atomic E-state index is -0.774. The van der Waals surface area contributed by atoms with Crippen LogP contribution in [0.1, 0.15) is 374 Å². The number of unbranched alkanes of at least 4 members (excludes halogenated alkanes) is 47. The maximum atomic E-state index is 12.8. The van der Waals surface area contributed by atoms with Crippen LogP contribution in [0.5, 0.6) is 0 Å². The fourth-order valence-corrected chi connectivity index (χ4v) is 10.2. The number of esters is 3. The highest BCUT2D eigenvalue weighted by molar-refractivity contribution is 5.71. The van der Waals surface area contributed by atoms with Gasteiger partial charge in [0.2, 0.25) is 0 Å². The minimum absolute atomic E-state index is 0.0715. The molecule has 0 aromatic carbocycles. The quantitative estimate of drug-likeness (QED) is 0.0261. The van der Waals surface area contributed by atoms with Crippen molar-refractivity contribution in [1.29, 1.82) is 0 Å². The molecule has 74 heavy (non-hydrogen) atoms. The fourth-order valence-electron chi connectivity index (χ4n) is 10.2. The zero-order chi connectivity index (χ0) is 53.6. The monoisotopic (exact) mass is 1040 g/mol. The molecule has 0 radical (unpaired) electrons. The molecule has 0 aromatic rings. The van der Waals surface area contributed by atoms with Crippen molar-refractivity contribution in [2.45, 2.75) is 380 Å². The molecule has 1 atom stereocenters. The molecule has 0 aliphatic rings. The van der Waals surface area contributed by atoms with Gasteiger partial charge in [-0.1, -0.05) is 334 Å². The first-order valence-electron chi connectivity index (χ1n) is 33.3. The van der Waals surface area contributed by atoms with Crippen molar-refractivity contribution in [3.8, 4) is 0 Å². The normalized spacial score (nSPS) is 12.1. The summed E-state index contributed by atoms with van der Waals surface area (Å²) in [5.41, 5.74) is 0. The van der Waals surface area contributed by atoms with E-state index in [1.54, 1.807) is 0 Å². The van der Waals surface area contributed by atoms with E-state index in [9.17, 15) is 14.4 Å². The van der Waals surface area contributed by atoms with Crippen LogP contribution in [0.3, 0.4) is 0 Å². The Balaban J connectivity index is 4.05. The Morgan fingerprint density at radius 3 is 0.784 bits per heavy atom. The lowest BCUT2D eigenvalue weighted by molar-refractivity contribution is -0.167.